The van der Waals surface area contributed by atoms with Crippen LogP contribution in [0.5, 0.6) is 0 Å². The molecule has 1 saturated heterocycles. The highest BCUT2D eigenvalue weighted by molar-refractivity contribution is 7.13. The van der Waals surface area contributed by atoms with Crippen LogP contribution in [0.2, 0.25) is 0 Å². The predicted octanol–water partition coefficient (Wildman–Crippen LogP) is 2.23. The van der Waals surface area contributed by atoms with Gasteiger partial charge in [-0.2, -0.15) is 0 Å². The number of hydrogen-bond donors (Lipinski definition) is 1. The lowest BCUT2D eigenvalue weighted by Crippen LogP contribution is -2.46. The summed E-state index contributed by atoms with van der Waals surface area (Å²) in [5.74, 6) is 0. The Balaban J connectivity index is 1.57. The summed E-state index contributed by atoms with van der Waals surface area (Å²) < 4.78 is 0. The largest absolute Gasteiger partial charge is 0.395 e. The minimum Gasteiger partial charge on any atom is -0.395 e. The maximum atomic E-state index is 8.98. The number of aryl methyl sites for hydroxylation is 1. The molecular weight excluding hydrogens is 294 g/mol. The molecule has 1 aliphatic rings. The highest BCUT2D eigenvalue weighted by Gasteiger charge is 2.16. The minimum absolute atomic E-state index is 0.262. The first-order valence-corrected chi connectivity index (χ1v) is 8.69. The van der Waals surface area contributed by atoms with E-state index < -0.39 is 0 Å². The fourth-order valence-electron chi connectivity index (χ4n) is 2.91. The van der Waals surface area contributed by atoms with Gasteiger partial charge in [0.15, 0.2) is 0 Å². The SMILES string of the molecule is Cc1ncsc1-c1ccc(CN2CCN(CCO)CC2)cc1. The van der Waals surface area contributed by atoms with Crippen LogP contribution in [0.3, 0.4) is 0 Å². The van der Waals surface area contributed by atoms with Crippen LogP contribution >= 0.6 is 11.3 Å². The zero-order valence-corrected chi connectivity index (χ0v) is 13.9. The van der Waals surface area contributed by atoms with Crippen LogP contribution in [0.25, 0.3) is 10.4 Å². The molecule has 118 valence electrons. The standard InChI is InChI=1S/C17H23N3OS/c1-14-17(22-13-18-14)16-4-2-15(3-5-16)12-20-8-6-19(7-9-20)10-11-21/h2-5,13,21H,6-12H2,1H3. The van der Waals surface area contributed by atoms with Gasteiger partial charge in [-0.15, -0.1) is 11.3 Å². The molecule has 5 heteroatoms. The summed E-state index contributed by atoms with van der Waals surface area (Å²) >= 11 is 1.70. The number of aliphatic hydroxyl groups is 1. The number of benzene rings is 1. The highest BCUT2D eigenvalue weighted by Crippen LogP contribution is 2.27. The van der Waals surface area contributed by atoms with Gasteiger partial charge in [0.25, 0.3) is 0 Å². The van der Waals surface area contributed by atoms with Crippen molar-refractivity contribution in [3.8, 4) is 10.4 Å². The van der Waals surface area contributed by atoms with Crippen molar-refractivity contribution >= 4 is 11.3 Å². The second kappa shape index (κ2) is 7.33. The summed E-state index contributed by atoms with van der Waals surface area (Å²) in [5.41, 5.74) is 5.64. The van der Waals surface area contributed by atoms with E-state index in [4.69, 9.17) is 5.11 Å². The van der Waals surface area contributed by atoms with Gasteiger partial charge in [0.05, 0.1) is 22.7 Å². The van der Waals surface area contributed by atoms with Crippen molar-refractivity contribution in [3.05, 3.63) is 41.0 Å². The molecule has 1 N–H and O–H groups in total. The molecule has 22 heavy (non-hydrogen) atoms. The van der Waals surface area contributed by atoms with Crippen molar-refractivity contribution in [2.24, 2.45) is 0 Å². The van der Waals surface area contributed by atoms with Crippen LogP contribution in [-0.2, 0) is 6.54 Å². The quantitative estimate of drug-likeness (QED) is 0.918. The van der Waals surface area contributed by atoms with Gasteiger partial charge in [0.1, 0.15) is 0 Å². The summed E-state index contributed by atoms with van der Waals surface area (Å²) in [6.45, 7) is 8.40. The van der Waals surface area contributed by atoms with Crippen molar-refractivity contribution in [1.29, 1.82) is 0 Å². The lowest BCUT2D eigenvalue weighted by Gasteiger charge is -2.34. The average Bonchev–Trinajstić information content (AvgIpc) is 2.96. The molecule has 3 rings (SSSR count). The summed E-state index contributed by atoms with van der Waals surface area (Å²) in [4.78, 5) is 10.4. The Kier molecular flexibility index (Phi) is 5.20. The number of piperazine rings is 1. The molecule has 0 saturated carbocycles. The molecule has 0 amide bonds. The van der Waals surface area contributed by atoms with Crippen LogP contribution < -0.4 is 0 Å². The molecule has 2 aromatic rings. The summed E-state index contributed by atoms with van der Waals surface area (Å²) in [6, 6.07) is 8.87. The average molecular weight is 317 g/mol. The second-order valence-corrected chi connectivity index (χ2v) is 6.66. The molecule has 1 aliphatic heterocycles. The predicted molar refractivity (Wildman–Crippen MR) is 91.1 cm³/mol. The molecule has 1 aromatic heterocycles. The Morgan fingerprint density at radius 3 is 2.36 bits per heavy atom. The molecule has 0 unspecified atom stereocenters. The van der Waals surface area contributed by atoms with Crippen LogP contribution in [0.1, 0.15) is 11.3 Å². The molecule has 1 fully saturated rings. The lowest BCUT2D eigenvalue weighted by molar-refractivity contribution is 0.108. The summed E-state index contributed by atoms with van der Waals surface area (Å²) in [6.07, 6.45) is 0. The Hall–Kier alpha value is -1.27. The van der Waals surface area contributed by atoms with Crippen LogP contribution in [0, 0.1) is 6.92 Å². The molecule has 0 aliphatic carbocycles. The van der Waals surface area contributed by atoms with Crippen molar-refractivity contribution in [2.75, 3.05) is 39.3 Å². The van der Waals surface area contributed by atoms with E-state index in [1.54, 1.807) is 11.3 Å². The van der Waals surface area contributed by atoms with E-state index in [2.05, 4.69) is 46.0 Å². The van der Waals surface area contributed by atoms with Crippen molar-refractivity contribution < 1.29 is 5.11 Å². The molecule has 1 aromatic carbocycles. The van der Waals surface area contributed by atoms with Crippen molar-refractivity contribution in [2.45, 2.75) is 13.5 Å². The van der Waals surface area contributed by atoms with Gasteiger partial charge in [-0.3, -0.25) is 9.80 Å². The first-order chi connectivity index (χ1) is 10.8. The Labute approximate surface area is 136 Å². The van der Waals surface area contributed by atoms with Gasteiger partial charge in [-0.05, 0) is 18.1 Å². The monoisotopic (exact) mass is 317 g/mol. The van der Waals surface area contributed by atoms with E-state index in [1.807, 2.05) is 5.51 Å². The third kappa shape index (κ3) is 3.73. The van der Waals surface area contributed by atoms with Gasteiger partial charge >= 0.3 is 0 Å². The van der Waals surface area contributed by atoms with E-state index in [9.17, 15) is 0 Å². The molecule has 4 nitrogen and oxygen atoms in total. The Morgan fingerprint density at radius 1 is 1.09 bits per heavy atom. The van der Waals surface area contributed by atoms with Gasteiger partial charge in [0.2, 0.25) is 0 Å². The van der Waals surface area contributed by atoms with E-state index in [0.717, 1.165) is 45.0 Å². The lowest BCUT2D eigenvalue weighted by atomic mass is 10.1. The molecule has 2 heterocycles. The molecular formula is C17H23N3OS. The number of hydrogen-bond acceptors (Lipinski definition) is 5. The maximum absolute atomic E-state index is 8.98. The van der Waals surface area contributed by atoms with Crippen molar-refractivity contribution in [1.82, 2.24) is 14.8 Å². The second-order valence-electron chi connectivity index (χ2n) is 5.81. The van der Waals surface area contributed by atoms with Crippen LogP contribution in [0.4, 0.5) is 0 Å². The van der Waals surface area contributed by atoms with Gasteiger partial charge in [-0.1, -0.05) is 24.3 Å². The number of nitrogens with zero attached hydrogens (tertiary/aromatic N) is 3. The van der Waals surface area contributed by atoms with E-state index >= 15 is 0 Å². The smallest absolute Gasteiger partial charge is 0.0801 e. The zero-order chi connectivity index (χ0) is 15.4. The fraction of sp³-hybridized carbons (Fsp3) is 0.471. The Morgan fingerprint density at radius 2 is 1.77 bits per heavy atom. The number of aromatic nitrogens is 1. The number of aliphatic hydroxyl groups excluding tert-OH is 1. The number of β-amino-alcohol motifs (C(OH)–C–C–N with tert-alkyl or cyclic N) is 1. The first-order valence-electron chi connectivity index (χ1n) is 7.81. The van der Waals surface area contributed by atoms with E-state index in [0.29, 0.717) is 0 Å². The molecule has 0 bridgehead atoms. The number of rotatable bonds is 5. The molecule has 0 spiro atoms. The van der Waals surface area contributed by atoms with E-state index in [1.165, 1.54) is 16.0 Å². The normalized spacial score (nSPS) is 17.0. The third-order valence-corrected chi connectivity index (χ3v) is 5.23. The van der Waals surface area contributed by atoms with Gasteiger partial charge in [0, 0.05) is 39.3 Å². The highest BCUT2D eigenvalue weighted by atomic mass is 32.1. The Bertz CT molecular complexity index is 588. The zero-order valence-electron chi connectivity index (χ0n) is 13.0. The van der Waals surface area contributed by atoms with E-state index in [-0.39, 0.29) is 6.61 Å². The van der Waals surface area contributed by atoms with Crippen LogP contribution in [-0.4, -0.2) is 59.2 Å². The first kappa shape index (κ1) is 15.6. The topological polar surface area (TPSA) is 39.6 Å². The number of thiazole rings is 1. The van der Waals surface area contributed by atoms with Gasteiger partial charge in [-0.25, -0.2) is 4.98 Å². The van der Waals surface area contributed by atoms with Crippen molar-refractivity contribution in [3.63, 3.8) is 0 Å². The van der Waals surface area contributed by atoms with Gasteiger partial charge < -0.3 is 5.11 Å². The maximum Gasteiger partial charge on any atom is 0.0801 e. The summed E-state index contributed by atoms with van der Waals surface area (Å²) in [5, 5.41) is 8.98. The third-order valence-electron chi connectivity index (χ3n) is 4.25. The summed E-state index contributed by atoms with van der Waals surface area (Å²) in [7, 11) is 0. The molecule has 0 radical (unpaired) electrons. The fourth-order valence-corrected chi connectivity index (χ4v) is 3.72. The molecule has 0 atom stereocenters. The minimum atomic E-state index is 0.262. The van der Waals surface area contributed by atoms with Crippen LogP contribution in [0.15, 0.2) is 29.8 Å².